The molecule has 1 saturated carbocycles. The van der Waals surface area contributed by atoms with Gasteiger partial charge < -0.3 is 10.4 Å². The van der Waals surface area contributed by atoms with Crippen LogP contribution < -0.4 is 5.32 Å². The van der Waals surface area contributed by atoms with E-state index in [2.05, 4.69) is 33.0 Å². The molecule has 1 heterocycles. The molecule has 2 N–H and O–H groups in total. The van der Waals surface area contributed by atoms with Crippen LogP contribution in [0.3, 0.4) is 0 Å². The fourth-order valence-corrected chi connectivity index (χ4v) is 4.32. The van der Waals surface area contributed by atoms with Gasteiger partial charge in [-0.2, -0.15) is 0 Å². The van der Waals surface area contributed by atoms with Crippen molar-refractivity contribution in [1.82, 2.24) is 5.32 Å². The summed E-state index contributed by atoms with van der Waals surface area (Å²) in [5.74, 6) is 2.19. The molecule has 0 aromatic heterocycles. The minimum absolute atomic E-state index is 0.120. The Kier molecular flexibility index (Phi) is 5.53. The van der Waals surface area contributed by atoms with Gasteiger partial charge in [-0.05, 0) is 68.2 Å². The molecule has 3 unspecified atom stereocenters. The van der Waals surface area contributed by atoms with Crippen LogP contribution >= 0.6 is 0 Å². The average molecular weight is 281 g/mol. The largest absolute Gasteiger partial charge is 0.391 e. The second kappa shape index (κ2) is 6.79. The zero-order chi connectivity index (χ0) is 14.8. The minimum Gasteiger partial charge on any atom is -0.391 e. The summed E-state index contributed by atoms with van der Waals surface area (Å²) in [6.07, 6.45) is 8.65. The highest BCUT2D eigenvalue weighted by Gasteiger charge is 2.36. The van der Waals surface area contributed by atoms with Gasteiger partial charge in [0.2, 0.25) is 0 Å². The molecule has 20 heavy (non-hydrogen) atoms. The number of nitrogens with one attached hydrogen (secondary N) is 1. The summed E-state index contributed by atoms with van der Waals surface area (Å²) >= 11 is 0. The topological polar surface area (TPSA) is 32.3 Å². The number of hydrogen-bond acceptors (Lipinski definition) is 2. The first-order valence-electron chi connectivity index (χ1n) is 8.83. The Morgan fingerprint density at radius 2 is 1.75 bits per heavy atom. The zero-order valence-electron chi connectivity index (χ0n) is 14.0. The van der Waals surface area contributed by atoms with E-state index in [0.717, 1.165) is 18.4 Å². The lowest BCUT2D eigenvalue weighted by Gasteiger charge is -2.41. The van der Waals surface area contributed by atoms with E-state index in [1.165, 1.54) is 44.9 Å². The van der Waals surface area contributed by atoms with Gasteiger partial charge in [-0.25, -0.2) is 0 Å². The summed E-state index contributed by atoms with van der Waals surface area (Å²) in [5.41, 5.74) is 0.437. The Morgan fingerprint density at radius 1 is 1.10 bits per heavy atom. The zero-order valence-corrected chi connectivity index (χ0v) is 14.0. The Bertz CT molecular complexity index is 288. The number of rotatable bonds is 3. The summed E-state index contributed by atoms with van der Waals surface area (Å²) in [7, 11) is 0. The average Bonchev–Trinajstić information content (AvgIpc) is 2.46. The van der Waals surface area contributed by atoms with Crippen molar-refractivity contribution in [1.29, 1.82) is 0 Å². The van der Waals surface area contributed by atoms with E-state index in [9.17, 15) is 5.11 Å². The van der Waals surface area contributed by atoms with Crippen LogP contribution in [0.2, 0.25) is 0 Å². The van der Waals surface area contributed by atoms with Gasteiger partial charge in [-0.15, -0.1) is 0 Å². The Hall–Kier alpha value is -0.0800. The summed E-state index contributed by atoms with van der Waals surface area (Å²) in [6, 6.07) is 0.352. The van der Waals surface area contributed by atoms with E-state index in [-0.39, 0.29) is 6.10 Å². The quantitative estimate of drug-likeness (QED) is 0.820. The summed E-state index contributed by atoms with van der Waals surface area (Å²) in [5, 5.41) is 14.3. The normalized spacial score (nSPS) is 37.6. The molecule has 0 bridgehead atoms. The molecule has 2 nitrogen and oxygen atoms in total. The highest BCUT2D eigenvalue weighted by Crippen LogP contribution is 2.41. The van der Waals surface area contributed by atoms with Gasteiger partial charge in [0, 0.05) is 6.04 Å². The van der Waals surface area contributed by atoms with Crippen LogP contribution in [0.5, 0.6) is 0 Å². The molecule has 0 aromatic rings. The van der Waals surface area contributed by atoms with Crippen LogP contribution in [0.15, 0.2) is 0 Å². The lowest BCUT2D eigenvalue weighted by Crippen LogP contribution is -2.49. The molecular weight excluding hydrogens is 246 g/mol. The lowest BCUT2D eigenvalue weighted by molar-refractivity contribution is 0.0152. The summed E-state index contributed by atoms with van der Waals surface area (Å²) in [6.45, 7) is 10.5. The molecule has 1 aliphatic carbocycles. The molecule has 0 radical (unpaired) electrons. The van der Waals surface area contributed by atoms with Crippen molar-refractivity contribution >= 4 is 0 Å². The standard InChI is InChI=1S/C18H35NO/c1-5-13-10-11-19-16(12-13)17(20)14-6-8-15(9-7-14)18(2,3)4/h13-17,19-20H,5-12H2,1-4H3. The Morgan fingerprint density at radius 3 is 2.30 bits per heavy atom. The van der Waals surface area contributed by atoms with Crippen LogP contribution in [-0.2, 0) is 0 Å². The number of aliphatic hydroxyl groups excluding tert-OH is 1. The van der Waals surface area contributed by atoms with Crippen LogP contribution in [-0.4, -0.2) is 23.8 Å². The van der Waals surface area contributed by atoms with Gasteiger partial charge in [-0.3, -0.25) is 0 Å². The molecule has 1 aliphatic heterocycles. The van der Waals surface area contributed by atoms with Crippen LogP contribution in [0.25, 0.3) is 0 Å². The summed E-state index contributed by atoms with van der Waals surface area (Å²) < 4.78 is 0. The third kappa shape index (κ3) is 3.98. The highest BCUT2D eigenvalue weighted by molar-refractivity contribution is 4.90. The number of aliphatic hydroxyl groups is 1. The van der Waals surface area contributed by atoms with Gasteiger partial charge in [0.05, 0.1) is 6.10 Å². The summed E-state index contributed by atoms with van der Waals surface area (Å²) in [4.78, 5) is 0. The van der Waals surface area contributed by atoms with Crippen molar-refractivity contribution in [3.8, 4) is 0 Å². The van der Waals surface area contributed by atoms with Gasteiger partial charge in [0.25, 0.3) is 0 Å². The SMILES string of the molecule is CCC1CCNC(C(O)C2CCC(C(C)(C)C)CC2)C1. The highest BCUT2D eigenvalue weighted by atomic mass is 16.3. The van der Waals surface area contributed by atoms with E-state index in [1.54, 1.807) is 0 Å². The number of hydrogen-bond donors (Lipinski definition) is 2. The molecule has 2 fully saturated rings. The third-order valence-electron chi connectivity index (χ3n) is 6.02. The monoisotopic (exact) mass is 281 g/mol. The molecule has 2 heteroatoms. The molecule has 0 amide bonds. The van der Waals surface area contributed by atoms with Crippen LogP contribution in [0.4, 0.5) is 0 Å². The predicted molar refractivity (Wildman–Crippen MR) is 85.7 cm³/mol. The van der Waals surface area contributed by atoms with Gasteiger partial charge >= 0.3 is 0 Å². The van der Waals surface area contributed by atoms with Crippen molar-refractivity contribution in [2.45, 2.75) is 84.8 Å². The first kappa shape index (κ1) is 16.3. The second-order valence-corrected chi connectivity index (χ2v) is 8.33. The second-order valence-electron chi connectivity index (χ2n) is 8.33. The molecule has 0 aromatic carbocycles. The molecule has 2 rings (SSSR count). The fraction of sp³-hybridized carbons (Fsp3) is 1.00. The van der Waals surface area contributed by atoms with E-state index in [1.807, 2.05) is 0 Å². The smallest absolute Gasteiger partial charge is 0.0721 e. The van der Waals surface area contributed by atoms with E-state index in [0.29, 0.717) is 17.4 Å². The third-order valence-corrected chi connectivity index (χ3v) is 6.02. The van der Waals surface area contributed by atoms with Gasteiger partial charge in [0.1, 0.15) is 0 Å². The van der Waals surface area contributed by atoms with Crippen LogP contribution in [0, 0.1) is 23.2 Å². The maximum absolute atomic E-state index is 10.7. The molecule has 118 valence electrons. The van der Waals surface area contributed by atoms with E-state index >= 15 is 0 Å². The van der Waals surface area contributed by atoms with Crippen LogP contribution in [0.1, 0.15) is 72.6 Å². The van der Waals surface area contributed by atoms with Crippen molar-refractivity contribution in [2.24, 2.45) is 23.2 Å². The minimum atomic E-state index is -0.120. The van der Waals surface area contributed by atoms with E-state index in [4.69, 9.17) is 0 Å². The first-order valence-corrected chi connectivity index (χ1v) is 8.83. The molecule has 0 spiro atoms. The Labute approximate surface area is 125 Å². The molecular formula is C18H35NO. The van der Waals surface area contributed by atoms with Crippen molar-refractivity contribution in [3.05, 3.63) is 0 Å². The first-order chi connectivity index (χ1) is 9.41. The molecule has 2 aliphatic rings. The van der Waals surface area contributed by atoms with Gasteiger partial charge in [-0.1, -0.05) is 34.1 Å². The van der Waals surface area contributed by atoms with E-state index < -0.39 is 0 Å². The molecule has 1 saturated heterocycles. The maximum atomic E-state index is 10.7. The Balaban J connectivity index is 1.83. The fourth-order valence-electron chi connectivity index (χ4n) is 4.32. The van der Waals surface area contributed by atoms with Crippen molar-refractivity contribution in [3.63, 3.8) is 0 Å². The predicted octanol–water partition coefficient (Wildman–Crippen LogP) is 3.98. The number of piperidine rings is 1. The van der Waals surface area contributed by atoms with Gasteiger partial charge in [0.15, 0.2) is 0 Å². The maximum Gasteiger partial charge on any atom is 0.0721 e. The lowest BCUT2D eigenvalue weighted by atomic mass is 9.68. The van der Waals surface area contributed by atoms with Crippen molar-refractivity contribution < 1.29 is 5.11 Å². The molecule has 3 atom stereocenters. The van der Waals surface area contributed by atoms with Crippen molar-refractivity contribution in [2.75, 3.05) is 6.54 Å².